The van der Waals surface area contributed by atoms with Gasteiger partial charge in [0.2, 0.25) is 5.91 Å². The third kappa shape index (κ3) is 7.14. The van der Waals surface area contributed by atoms with E-state index in [1.54, 1.807) is 19.1 Å². The first kappa shape index (κ1) is 21.6. The number of carbonyl (C=O) groups excluding carboxylic acids is 1. The average Bonchev–Trinajstić information content (AvgIpc) is 2.66. The molecule has 2 aromatic carbocycles. The number of benzene rings is 2. The lowest BCUT2D eigenvalue weighted by atomic mass is 10.2. The van der Waals surface area contributed by atoms with E-state index >= 15 is 0 Å². The van der Waals surface area contributed by atoms with Crippen LogP contribution in [0.5, 0.6) is 0 Å². The number of thiocarbonyl (C=S) groups is 1. The van der Waals surface area contributed by atoms with Gasteiger partial charge in [0.05, 0.1) is 4.90 Å². The zero-order valence-electron chi connectivity index (χ0n) is 15.2. The summed E-state index contributed by atoms with van der Waals surface area (Å²) in [5.74, 6) is -0.00334. The van der Waals surface area contributed by atoms with Crippen molar-refractivity contribution < 1.29 is 17.8 Å². The molecule has 150 valence electrons. The van der Waals surface area contributed by atoms with Crippen molar-refractivity contribution in [2.75, 3.05) is 23.7 Å². The largest absolute Gasteiger partial charge is 0.361 e. The van der Waals surface area contributed by atoms with E-state index in [1.807, 2.05) is 24.3 Å². The van der Waals surface area contributed by atoms with Gasteiger partial charge in [-0.25, -0.2) is 0 Å². The van der Waals surface area contributed by atoms with E-state index in [1.165, 1.54) is 12.1 Å². The quantitative estimate of drug-likeness (QED) is 0.250. The van der Waals surface area contributed by atoms with E-state index in [0.29, 0.717) is 30.3 Å². The molecule has 0 spiro atoms. The molecule has 0 saturated carbocycles. The highest BCUT2D eigenvalue weighted by molar-refractivity contribution is 7.85. The van der Waals surface area contributed by atoms with Crippen LogP contribution in [0.4, 0.5) is 17.1 Å². The summed E-state index contributed by atoms with van der Waals surface area (Å²) in [5.41, 5.74) is 2.27. The van der Waals surface area contributed by atoms with E-state index in [0.717, 1.165) is 11.4 Å². The summed E-state index contributed by atoms with van der Waals surface area (Å²) in [7, 11) is -4.20. The Balaban J connectivity index is 1.82. The molecule has 1 amide bonds. The summed E-state index contributed by atoms with van der Waals surface area (Å²) < 4.78 is 31.1. The lowest BCUT2D eigenvalue weighted by Crippen LogP contribution is -2.36. The number of rotatable bonds is 8. The number of anilines is 3. The van der Waals surface area contributed by atoms with Gasteiger partial charge in [0.1, 0.15) is 0 Å². The van der Waals surface area contributed by atoms with Crippen molar-refractivity contribution in [2.45, 2.75) is 18.2 Å². The fourth-order valence-corrected chi connectivity index (χ4v) is 2.89. The third-order valence-corrected chi connectivity index (χ3v) is 4.75. The Kier molecular flexibility index (Phi) is 7.73. The van der Waals surface area contributed by atoms with E-state index in [9.17, 15) is 13.2 Å². The normalized spacial score (nSPS) is 10.8. The Labute approximate surface area is 169 Å². The minimum absolute atomic E-state index is 0.00334. The van der Waals surface area contributed by atoms with Gasteiger partial charge in [0, 0.05) is 36.6 Å². The second-order valence-corrected chi connectivity index (χ2v) is 7.62. The molecule has 0 fully saturated rings. The van der Waals surface area contributed by atoms with E-state index in [2.05, 4.69) is 21.3 Å². The first-order chi connectivity index (χ1) is 13.3. The molecule has 0 aliphatic heterocycles. The smallest absolute Gasteiger partial charge is 0.294 e. The first-order valence-electron chi connectivity index (χ1n) is 8.54. The highest BCUT2D eigenvalue weighted by Gasteiger charge is 2.08. The summed E-state index contributed by atoms with van der Waals surface area (Å²) in [6.07, 6.45) is 0.452. The highest BCUT2D eigenvalue weighted by atomic mass is 32.2. The van der Waals surface area contributed by atoms with Crippen molar-refractivity contribution in [1.82, 2.24) is 10.6 Å². The predicted molar refractivity (Wildman–Crippen MR) is 114 cm³/mol. The Hall–Kier alpha value is -2.69. The van der Waals surface area contributed by atoms with E-state index < -0.39 is 10.1 Å². The molecular formula is C18H22N4O4S2. The molecule has 0 radical (unpaired) electrons. The minimum Gasteiger partial charge on any atom is -0.361 e. The number of hydrogen-bond acceptors (Lipinski definition) is 5. The maximum atomic E-state index is 11.1. The molecule has 0 bridgehead atoms. The van der Waals surface area contributed by atoms with Crippen LogP contribution in [0.1, 0.15) is 13.3 Å². The van der Waals surface area contributed by atoms with Crippen LogP contribution >= 0.6 is 12.2 Å². The fourth-order valence-electron chi connectivity index (χ4n) is 2.19. The standard InChI is InChI=1S/C18H22N4O4S2/c1-2-17(23)19-11-12-20-18(27)22-15-5-3-13(4-6-15)21-14-7-9-16(10-8-14)28(24,25)26/h3-10,21H,2,11-12H2,1H3,(H,19,23)(H2,20,22,27)(H,24,25,26). The molecule has 0 heterocycles. The Bertz CT molecular complexity index is 914. The van der Waals surface area contributed by atoms with Crippen LogP contribution < -0.4 is 21.3 Å². The summed E-state index contributed by atoms with van der Waals surface area (Å²) >= 11 is 5.20. The fraction of sp³-hybridized carbons (Fsp3) is 0.222. The van der Waals surface area contributed by atoms with Gasteiger partial charge < -0.3 is 21.3 Å². The second-order valence-electron chi connectivity index (χ2n) is 5.79. The van der Waals surface area contributed by atoms with Crippen LogP contribution in [0.2, 0.25) is 0 Å². The SMILES string of the molecule is CCC(=O)NCCNC(=S)Nc1ccc(Nc2ccc(S(=O)(=O)O)cc2)cc1. The van der Waals surface area contributed by atoms with Crippen LogP contribution in [0, 0.1) is 0 Å². The topological polar surface area (TPSA) is 120 Å². The molecule has 0 aliphatic carbocycles. The number of amides is 1. The van der Waals surface area contributed by atoms with Crippen LogP contribution in [-0.4, -0.2) is 37.1 Å². The highest BCUT2D eigenvalue weighted by Crippen LogP contribution is 2.20. The Morgan fingerprint density at radius 3 is 1.96 bits per heavy atom. The third-order valence-electron chi connectivity index (χ3n) is 3.64. The monoisotopic (exact) mass is 422 g/mol. The van der Waals surface area contributed by atoms with Gasteiger partial charge in [-0.15, -0.1) is 0 Å². The summed E-state index contributed by atoms with van der Waals surface area (Å²) in [6.45, 7) is 2.81. The van der Waals surface area contributed by atoms with Gasteiger partial charge in [-0.1, -0.05) is 6.92 Å². The Morgan fingerprint density at radius 2 is 1.43 bits per heavy atom. The molecule has 0 unspecified atom stereocenters. The molecule has 8 nitrogen and oxygen atoms in total. The maximum Gasteiger partial charge on any atom is 0.294 e. The van der Waals surface area contributed by atoms with Crippen molar-refractivity contribution in [3.8, 4) is 0 Å². The second kappa shape index (κ2) is 10.0. The summed E-state index contributed by atoms with van der Waals surface area (Å²) in [6, 6.07) is 13.1. The minimum atomic E-state index is -4.20. The first-order valence-corrected chi connectivity index (χ1v) is 10.4. The molecule has 0 aromatic heterocycles. The zero-order valence-corrected chi connectivity index (χ0v) is 16.9. The lowest BCUT2D eigenvalue weighted by Gasteiger charge is -2.12. The Morgan fingerprint density at radius 1 is 0.929 bits per heavy atom. The van der Waals surface area contributed by atoms with Gasteiger partial charge in [-0.05, 0) is 60.7 Å². The predicted octanol–water partition coefficient (Wildman–Crippen LogP) is 2.49. The van der Waals surface area contributed by atoms with Crippen molar-refractivity contribution in [1.29, 1.82) is 0 Å². The maximum absolute atomic E-state index is 11.1. The number of carbonyl (C=O) groups is 1. The summed E-state index contributed by atoms with van der Waals surface area (Å²) in [4.78, 5) is 11.0. The lowest BCUT2D eigenvalue weighted by molar-refractivity contribution is -0.120. The number of hydrogen-bond donors (Lipinski definition) is 5. The van der Waals surface area contributed by atoms with Gasteiger partial charge in [-0.2, -0.15) is 8.42 Å². The molecular weight excluding hydrogens is 400 g/mol. The molecule has 10 heteroatoms. The van der Waals surface area contributed by atoms with Gasteiger partial charge in [0.25, 0.3) is 10.1 Å². The van der Waals surface area contributed by atoms with Crippen molar-refractivity contribution in [3.05, 3.63) is 48.5 Å². The molecule has 2 rings (SSSR count). The van der Waals surface area contributed by atoms with Crippen molar-refractivity contribution in [2.24, 2.45) is 0 Å². The van der Waals surface area contributed by atoms with Crippen LogP contribution in [0.3, 0.4) is 0 Å². The zero-order chi connectivity index (χ0) is 20.6. The van der Waals surface area contributed by atoms with Gasteiger partial charge in [-0.3, -0.25) is 9.35 Å². The molecule has 5 N–H and O–H groups in total. The van der Waals surface area contributed by atoms with Crippen LogP contribution in [-0.2, 0) is 14.9 Å². The van der Waals surface area contributed by atoms with Crippen molar-refractivity contribution in [3.63, 3.8) is 0 Å². The van der Waals surface area contributed by atoms with Crippen LogP contribution in [0.15, 0.2) is 53.4 Å². The molecule has 28 heavy (non-hydrogen) atoms. The van der Waals surface area contributed by atoms with Crippen LogP contribution in [0.25, 0.3) is 0 Å². The van der Waals surface area contributed by atoms with E-state index in [-0.39, 0.29) is 10.8 Å². The van der Waals surface area contributed by atoms with E-state index in [4.69, 9.17) is 16.8 Å². The molecule has 0 atom stereocenters. The number of nitrogens with one attached hydrogen (secondary N) is 4. The van der Waals surface area contributed by atoms with Gasteiger partial charge >= 0.3 is 0 Å². The molecule has 0 saturated heterocycles. The average molecular weight is 423 g/mol. The van der Waals surface area contributed by atoms with Crippen molar-refractivity contribution >= 4 is 50.4 Å². The molecule has 2 aromatic rings. The van der Waals surface area contributed by atoms with Gasteiger partial charge in [0.15, 0.2) is 5.11 Å². The summed E-state index contributed by atoms with van der Waals surface area (Å²) in [5, 5.41) is 12.4. The molecule has 0 aliphatic rings.